The Labute approximate surface area is 85.3 Å². The van der Waals surface area contributed by atoms with Crippen molar-refractivity contribution in [1.82, 2.24) is 4.31 Å². The molecule has 5 nitrogen and oxygen atoms in total. The van der Waals surface area contributed by atoms with Crippen molar-refractivity contribution in [2.45, 2.75) is 6.42 Å². The van der Waals surface area contributed by atoms with Crippen LogP contribution in [0.25, 0.3) is 0 Å². The molecular formula is C8H18N2O3S. The van der Waals surface area contributed by atoms with E-state index in [9.17, 15) is 8.42 Å². The van der Waals surface area contributed by atoms with Gasteiger partial charge in [-0.1, -0.05) is 6.08 Å². The predicted molar refractivity (Wildman–Crippen MR) is 56.3 cm³/mol. The Hall–Kier alpha value is -0.430. The highest BCUT2D eigenvalue weighted by Gasteiger charge is 2.19. The summed E-state index contributed by atoms with van der Waals surface area (Å²) in [5.74, 6) is 0.0251. The summed E-state index contributed by atoms with van der Waals surface area (Å²) in [5.41, 5.74) is 5.23. The number of hydrogen-bond acceptors (Lipinski definition) is 4. The summed E-state index contributed by atoms with van der Waals surface area (Å²) < 4.78 is 24.4. The molecule has 0 rings (SSSR count). The molecule has 0 fully saturated rings. The second kappa shape index (κ2) is 6.94. The summed E-state index contributed by atoms with van der Waals surface area (Å²) in [4.78, 5) is 0. The SMILES string of the molecule is C=CCN(CCO)S(=O)(=O)CCCN. The van der Waals surface area contributed by atoms with Gasteiger partial charge in [-0.05, 0) is 13.0 Å². The summed E-state index contributed by atoms with van der Waals surface area (Å²) in [7, 11) is -3.29. The van der Waals surface area contributed by atoms with E-state index in [0.717, 1.165) is 0 Å². The van der Waals surface area contributed by atoms with E-state index in [4.69, 9.17) is 10.8 Å². The van der Waals surface area contributed by atoms with Crippen molar-refractivity contribution < 1.29 is 13.5 Å². The lowest BCUT2D eigenvalue weighted by Gasteiger charge is -2.19. The highest BCUT2D eigenvalue weighted by atomic mass is 32.2. The summed E-state index contributed by atoms with van der Waals surface area (Å²) >= 11 is 0. The van der Waals surface area contributed by atoms with Crippen LogP contribution in [0.1, 0.15) is 6.42 Å². The molecule has 0 aliphatic heterocycles. The summed E-state index contributed by atoms with van der Waals surface area (Å²) in [6.07, 6.45) is 1.93. The van der Waals surface area contributed by atoms with Gasteiger partial charge >= 0.3 is 0 Å². The van der Waals surface area contributed by atoms with Gasteiger partial charge in [0.05, 0.1) is 12.4 Å². The molecule has 0 aromatic heterocycles. The third-order valence-electron chi connectivity index (χ3n) is 1.68. The van der Waals surface area contributed by atoms with Gasteiger partial charge in [0.25, 0.3) is 0 Å². The van der Waals surface area contributed by atoms with Gasteiger partial charge in [0.2, 0.25) is 10.0 Å². The van der Waals surface area contributed by atoms with Crippen LogP contribution in [-0.4, -0.2) is 49.8 Å². The van der Waals surface area contributed by atoms with Crippen LogP contribution in [0.2, 0.25) is 0 Å². The largest absolute Gasteiger partial charge is 0.395 e. The fraction of sp³-hybridized carbons (Fsp3) is 0.750. The van der Waals surface area contributed by atoms with Gasteiger partial charge in [-0.25, -0.2) is 8.42 Å². The highest BCUT2D eigenvalue weighted by molar-refractivity contribution is 7.89. The lowest BCUT2D eigenvalue weighted by atomic mass is 10.5. The molecule has 3 N–H and O–H groups in total. The normalized spacial score (nSPS) is 11.9. The fourth-order valence-corrected chi connectivity index (χ4v) is 2.48. The summed E-state index contributed by atoms with van der Waals surface area (Å²) in [6.45, 7) is 3.97. The Morgan fingerprint density at radius 3 is 2.57 bits per heavy atom. The van der Waals surface area contributed by atoms with Gasteiger partial charge in [-0.15, -0.1) is 6.58 Å². The number of rotatable bonds is 8. The van der Waals surface area contributed by atoms with Gasteiger partial charge in [0.15, 0.2) is 0 Å². The minimum Gasteiger partial charge on any atom is -0.395 e. The van der Waals surface area contributed by atoms with Crippen LogP contribution in [0.4, 0.5) is 0 Å². The number of aliphatic hydroxyl groups is 1. The molecule has 0 amide bonds. The van der Waals surface area contributed by atoms with E-state index >= 15 is 0 Å². The third kappa shape index (κ3) is 4.71. The standard InChI is InChI=1S/C8H18N2O3S/c1-2-5-10(6-7-11)14(12,13)8-3-4-9/h2,11H,1,3-9H2. The maximum atomic E-state index is 11.6. The van der Waals surface area contributed by atoms with Crippen molar-refractivity contribution in [3.63, 3.8) is 0 Å². The van der Waals surface area contributed by atoms with Gasteiger partial charge in [0, 0.05) is 13.1 Å². The zero-order valence-corrected chi connectivity index (χ0v) is 9.04. The zero-order valence-electron chi connectivity index (χ0n) is 8.22. The Morgan fingerprint density at radius 2 is 2.14 bits per heavy atom. The van der Waals surface area contributed by atoms with Crippen molar-refractivity contribution in [1.29, 1.82) is 0 Å². The average Bonchev–Trinajstić information content (AvgIpc) is 2.14. The summed E-state index contributed by atoms with van der Waals surface area (Å²) in [6, 6.07) is 0. The fourth-order valence-electron chi connectivity index (χ4n) is 0.994. The Kier molecular flexibility index (Phi) is 6.73. The molecule has 0 spiro atoms. The maximum absolute atomic E-state index is 11.6. The zero-order chi connectivity index (χ0) is 11.0. The van der Waals surface area contributed by atoms with Crippen LogP contribution in [0.3, 0.4) is 0 Å². The molecule has 6 heteroatoms. The number of sulfonamides is 1. The quantitative estimate of drug-likeness (QED) is 0.524. The number of nitrogens with two attached hydrogens (primary N) is 1. The summed E-state index contributed by atoms with van der Waals surface area (Å²) in [5, 5.41) is 8.69. The molecule has 14 heavy (non-hydrogen) atoms. The molecule has 0 saturated heterocycles. The smallest absolute Gasteiger partial charge is 0.214 e. The van der Waals surface area contributed by atoms with Crippen LogP contribution in [0.5, 0.6) is 0 Å². The molecule has 0 aliphatic rings. The van der Waals surface area contributed by atoms with Crippen molar-refractivity contribution >= 4 is 10.0 Å². The van der Waals surface area contributed by atoms with Crippen LogP contribution in [0, 0.1) is 0 Å². The van der Waals surface area contributed by atoms with Crippen LogP contribution in [0.15, 0.2) is 12.7 Å². The third-order valence-corrected chi connectivity index (χ3v) is 3.60. The highest BCUT2D eigenvalue weighted by Crippen LogP contribution is 2.02. The molecule has 0 heterocycles. The first kappa shape index (κ1) is 13.6. The number of nitrogens with zero attached hydrogens (tertiary/aromatic N) is 1. The Balaban J connectivity index is 4.37. The van der Waals surface area contributed by atoms with Crippen molar-refractivity contribution in [2.24, 2.45) is 5.73 Å². The van der Waals surface area contributed by atoms with Crippen molar-refractivity contribution in [2.75, 3.05) is 32.0 Å². The van der Waals surface area contributed by atoms with Crippen molar-refractivity contribution in [3.8, 4) is 0 Å². The van der Waals surface area contributed by atoms with Crippen molar-refractivity contribution in [3.05, 3.63) is 12.7 Å². The van der Waals surface area contributed by atoms with Crippen LogP contribution in [-0.2, 0) is 10.0 Å². The Morgan fingerprint density at radius 1 is 1.50 bits per heavy atom. The number of aliphatic hydroxyl groups excluding tert-OH is 1. The molecule has 0 saturated carbocycles. The van der Waals surface area contributed by atoms with E-state index in [0.29, 0.717) is 13.0 Å². The molecule has 0 atom stereocenters. The molecule has 0 bridgehead atoms. The minimum absolute atomic E-state index is 0.0251. The van der Waals surface area contributed by atoms with Gasteiger partial charge < -0.3 is 10.8 Å². The molecule has 0 aromatic rings. The maximum Gasteiger partial charge on any atom is 0.214 e. The Bertz CT molecular complexity index is 251. The second-order valence-corrected chi connectivity index (χ2v) is 4.92. The van der Waals surface area contributed by atoms with Gasteiger partial charge in [0.1, 0.15) is 0 Å². The topological polar surface area (TPSA) is 83.6 Å². The minimum atomic E-state index is -3.29. The molecule has 0 aromatic carbocycles. The molecule has 0 aliphatic carbocycles. The monoisotopic (exact) mass is 222 g/mol. The first-order valence-corrected chi connectivity index (χ1v) is 6.09. The van der Waals surface area contributed by atoms with Gasteiger partial charge in [-0.3, -0.25) is 0 Å². The van der Waals surface area contributed by atoms with E-state index in [1.54, 1.807) is 0 Å². The first-order chi connectivity index (χ1) is 6.58. The van der Waals surface area contributed by atoms with Gasteiger partial charge in [-0.2, -0.15) is 4.31 Å². The first-order valence-electron chi connectivity index (χ1n) is 4.48. The van der Waals surface area contributed by atoms with Crippen LogP contribution >= 0.6 is 0 Å². The van der Waals surface area contributed by atoms with E-state index < -0.39 is 10.0 Å². The predicted octanol–water partition coefficient (Wildman–Crippen LogP) is -0.855. The van der Waals surface area contributed by atoms with E-state index in [1.165, 1.54) is 10.4 Å². The van der Waals surface area contributed by atoms with Crippen LogP contribution < -0.4 is 5.73 Å². The molecule has 0 unspecified atom stereocenters. The van der Waals surface area contributed by atoms with E-state index in [2.05, 4.69) is 6.58 Å². The number of hydrogen-bond donors (Lipinski definition) is 2. The second-order valence-electron chi connectivity index (χ2n) is 2.83. The lowest BCUT2D eigenvalue weighted by Crippen LogP contribution is -2.35. The van der Waals surface area contributed by atoms with E-state index in [-0.39, 0.29) is 25.4 Å². The lowest BCUT2D eigenvalue weighted by molar-refractivity contribution is 0.260. The molecule has 84 valence electrons. The molecular weight excluding hydrogens is 204 g/mol. The van der Waals surface area contributed by atoms with E-state index in [1.807, 2.05) is 0 Å². The average molecular weight is 222 g/mol. The molecule has 0 radical (unpaired) electrons.